The molecule has 4 heteroatoms. The molecule has 1 aliphatic heterocycles. The van der Waals surface area contributed by atoms with Crippen LogP contribution in [0.1, 0.15) is 27.2 Å². The van der Waals surface area contributed by atoms with Gasteiger partial charge in [0.1, 0.15) is 11.6 Å². The van der Waals surface area contributed by atoms with Crippen LogP contribution in [-0.2, 0) is 9.53 Å². The van der Waals surface area contributed by atoms with Gasteiger partial charge in [-0.25, -0.2) is 4.79 Å². The number of aliphatic hydroxyl groups is 1. The molecule has 0 aromatic heterocycles. The maximum absolute atomic E-state index is 11.5. The largest absolute Gasteiger partial charge is 0.458 e. The lowest BCUT2D eigenvalue weighted by atomic mass is 10.1. The van der Waals surface area contributed by atoms with Crippen molar-refractivity contribution in [2.24, 2.45) is 10.9 Å². The van der Waals surface area contributed by atoms with Crippen molar-refractivity contribution in [2.75, 3.05) is 6.61 Å². The summed E-state index contributed by atoms with van der Waals surface area (Å²) in [7, 11) is 0. The Bertz CT molecular complexity index is 242. The van der Waals surface area contributed by atoms with Gasteiger partial charge in [0.05, 0.1) is 6.61 Å². The number of carbonyl (C=O) groups is 1. The lowest BCUT2D eigenvalue weighted by Crippen LogP contribution is -2.30. The zero-order valence-electron chi connectivity index (χ0n) is 8.86. The summed E-state index contributed by atoms with van der Waals surface area (Å²) < 4.78 is 5.18. The van der Waals surface area contributed by atoms with Gasteiger partial charge >= 0.3 is 5.97 Å². The number of hydrogen-bond donors (Lipinski definition) is 1. The Hall–Kier alpha value is -0.900. The van der Waals surface area contributed by atoms with E-state index < -0.39 is 11.6 Å². The molecular formula is C10H17NO3. The molecule has 80 valence electrons. The number of hydrogen-bond acceptors (Lipinski definition) is 4. The summed E-state index contributed by atoms with van der Waals surface area (Å²) in [6.45, 7) is 5.52. The monoisotopic (exact) mass is 199 g/mol. The zero-order valence-corrected chi connectivity index (χ0v) is 8.86. The van der Waals surface area contributed by atoms with Crippen LogP contribution in [-0.4, -0.2) is 35.5 Å². The van der Waals surface area contributed by atoms with Gasteiger partial charge in [0.25, 0.3) is 0 Å². The highest BCUT2D eigenvalue weighted by Gasteiger charge is 2.29. The molecule has 1 aliphatic rings. The molecule has 0 aromatic carbocycles. The van der Waals surface area contributed by atoms with Crippen LogP contribution in [0.2, 0.25) is 0 Å². The molecule has 0 radical (unpaired) electrons. The third kappa shape index (κ3) is 3.10. The van der Waals surface area contributed by atoms with E-state index in [2.05, 4.69) is 4.99 Å². The minimum absolute atomic E-state index is 0.00696. The van der Waals surface area contributed by atoms with Gasteiger partial charge in [0, 0.05) is 12.1 Å². The summed E-state index contributed by atoms with van der Waals surface area (Å²) >= 11 is 0. The minimum Gasteiger partial charge on any atom is -0.458 e. The van der Waals surface area contributed by atoms with Gasteiger partial charge in [0.2, 0.25) is 0 Å². The van der Waals surface area contributed by atoms with Crippen molar-refractivity contribution in [3.05, 3.63) is 0 Å². The first-order valence-electron chi connectivity index (χ1n) is 4.79. The average Bonchev–Trinajstić information content (AvgIpc) is 2.48. The number of aliphatic imine (C=N–C) groups is 1. The van der Waals surface area contributed by atoms with E-state index in [9.17, 15) is 4.79 Å². The first-order chi connectivity index (χ1) is 6.42. The van der Waals surface area contributed by atoms with E-state index in [1.54, 1.807) is 6.21 Å². The number of ether oxygens (including phenoxy) is 1. The van der Waals surface area contributed by atoms with Crippen LogP contribution in [0.3, 0.4) is 0 Å². The van der Waals surface area contributed by atoms with Crippen molar-refractivity contribution in [2.45, 2.75) is 38.8 Å². The van der Waals surface area contributed by atoms with E-state index >= 15 is 0 Å². The van der Waals surface area contributed by atoms with Crippen molar-refractivity contribution in [3.63, 3.8) is 0 Å². The second-order valence-electron chi connectivity index (χ2n) is 4.53. The van der Waals surface area contributed by atoms with Crippen molar-refractivity contribution in [1.82, 2.24) is 0 Å². The Labute approximate surface area is 84.0 Å². The fourth-order valence-electron chi connectivity index (χ4n) is 1.28. The van der Waals surface area contributed by atoms with E-state index in [1.165, 1.54) is 0 Å². The molecule has 2 unspecified atom stereocenters. The summed E-state index contributed by atoms with van der Waals surface area (Å²) in [5.41, 5.74) is -0.468. The minimum atomic E-state index is -0.468. The molecule has 0 bridgehead atoms. The molecule has 1 heterocycles. The maximum Gasteiger partial charge on any atom is 0.331 e. The average molecular weight is 199 g/mol. The van der Waals surface area contributed by atoms with Crippen LogP contribution in [0.5, 0.6) is 0 Å². The lowest BCUT2D eigenvalue weighted by molar-refractivity contribution is -0.156. The van der Waals surface area contributed by atoms with Gasteiger partial charge in [0.15, 0.2) is 0 Å². The van der Waals surface area contributed by atoms with E-state index in [0.717, 1.165) is 0 Å². The van der Waals surface area contributed by atoms with Crippen molar-refractivity contribution < 1.29 is 14.6 Å². The van der Waals surface area contributed by atoms with Gasteiger partial charge in [-0.1, -0.05) is 0 Å². The topological polar surface area (TPSA) is 58.9 Å². The van der Waals surface area contributed by atoms with Crippen LogP contribution in [0.4, 0.5) is 0 Å². The van der Waals surface area contributed by atoms with Crippen LogP contribution >= 0.6 is 0 Å². The molecule has 2 atom stereocenters. The van der Waals surface area contributed by atoms with E-state index in [4.69, 9.17) is 9.84 Å². The summed E-state index contributed by atoms with van der Waals surface area (Å²) in [6, 6.07) is -0.425. The smallest absolute Gasteiger partial charge is 0.331 e. The van der Waals surface area contributed by atoms with E-state index in [1.807, 2.05) is 20.8 Å². The molecule has 0 aromatic rings. The molecule has 0 spiro atoms. The van der Waals surface area contributed by atoms with Gasteiger partial charge in [-0.2, -0.15) is 0 Å². The van der Waals surface area contributed by atoms with Gasteiger partial charge in [-0.05, 0) is 27.2 Å². The van der Waals surface area contributed by atoms with E-state index in [0.29, 0.717) is 6.42 Å². The third-order valence-corrected chi connectivity index (χ3v) is 1.92. The first-order valence-corrected chi connectivity index (χ1v) is 4.79. The predicted molar refractivity (Wildman–Crippen MR) is 53.3 cm³/mol. The second kappa shape index (κ2) is 4.09. The Kier molecular flexibility index (Phi) is 3.26. The molecule has 0 fully saturated rings. The lowest BCUT2D eigenvalue weighted by Gasteiger charge is -2.21. The SMILES string of the molecule is CC(C)(C)OC(=O)C1CC(CO)C=N1. The number of aliphatic hydroxyl groups excluding tert-OH is 1. The number of esters is 1. The Morgan fingerprint density at radius 1 is 1.64 bits per heavy atom. The van der Waals surface area contributed by atoms with Crippen LogP contribution in [0.25, 0.3) is 0 Å². The molecule has 0 aliphatic carbocycles. The van der Waals surface area contributed by atoms with Gasteiger partial charge < -0.3 is 9.84 Å². The number of rotatable bonds is 2. The predicted octanol–water partition coefficient (Wildman–Crippen LogP) is 0.780. The highest BCUT2D eigenvalue weighted by Crippen LogP contribution is 2.18. The van der Waals surface area contributed by atoms with Crippen molar-refractivity contribution in [3.8, 4) is 0 Å². The highest BCUT2D eigenvalue weighted by atomic mass is 16.6. The first kappa shape index (κ1) is 11.2. The molecule has 14 heavy (non-hydrogen) atoms. The summed E-state index contributed by atoms with van der Waals surface area (Å²) in [5, 5.41) is 8.85. The second-order valence-corrected chi connectivity index (χ2v) is 4.53. The molecule has 0 saturated heterocycles. The maximum atomic E-state index is 11.5. The summed E-state index contributed by atoms with van der Waals surface area (Å²) in [5.74, 6) is -0.294. The van der Waals surface area contributed by atoms with Crippen LogP contribution in [0.15, 0.2) is 4.99 Å². The summed E-state index contributed by atoms with van der Waals surface area (Å²) in [4.78, 5) is 15.5. The standard InChI is InChI=1S/C10H17NO3/c1-10(2,3)14-9(13)8-4-7(6-12)5-11-8/h5,7-8,12H,4,6H2,1-3H3. The normalized spacial score (nSPS) is 26.6. The zero-order chi connectivity index (χ0) is 10.8. The van der Waals surface area contributed by atoms with Gasteiger partial charge in [-0.15, -0.1) is 0 Å². The Balaban J connectivity index is 2.45. The fourth-order valence-corrected chi connectivity index (χ4v) is 1.28. The quantitative estimate of drug-likeness (QED) is 0.668. The Morgan fingerprint density at radius 2 is 2.29 bits per heavy atom. The molecule has 4 nitrogen and oxygen atoms in total. The van der Waals surface area contributed by atoms with Gasteiger partial charge in [-0.3, -0.25) is 4.99 Å². The molecule has 0 saturated carbocycles. The highest BCUT2D eigenvalue weighted by molar-refractivity contribution is 5.81. The molecule has 1 rings (SSSR count). The number of carbonyl (C=O) groups excluding carboxylic acids is 1. The molecular weight excluding hydrogens is 182 g/mol. The van der Waals surface area contributed by atoms with Crippen molar-refractivity contribution in [1.29, 1.82) is 0 Å². The van der Waals surface area contributed by atoms with Crippen molar-refractivity contribution >= 4 is 12.2 Å². The summed E-state index contributed by atoms with van der Waals surface area (Å²) in [6.07, 6.45) is 2.19. The molecule has 0 amide bonds. The van der Waals surface area contributed by atoms with E-state index in [-0.39, 0.29) is 18.5 Å². The Morgan fingerprint density at radius 3 is 2.71 bits per heavy atom. The number of nitrogens with zero attached hydrogens (tertiary/aromatic N) is 1. The molecule has 1 N–H and O–H groups in total. The van der Waals surface area contributed by atoms with Crippen LogP contribution in [0, 0.1) is 5.92 Å². The third-order valence-electron chi connectivity index (χ3n) is 1.92. The fraction of sp³-hybridized carbons (Fsp3) is 0.800. The van der Waals surface area contributed by atoms with Crippen LogP contribution < -0.4 is 0 Å².